The van der Waals surface area contributed by atoms with E-state index >= 15 is 0 Å². The monoisotopic (exact) mass is 650 g/mol. The van der Waals surface area contributed by atoms with Crippen LogP contribution in [0.2, 0.25) is 0 Å². The molecule has 2 aliphatic rings. The molecule has 0 amide bonds. The van der Waals surface area contributed by atoms with E-state index in [0.29, 0.717) is 5.84 Å². The van der Waals surface area contributed by atoms with Crippen molar-refractivity contribution in [3.05, 3.63) is 187 Å². The molecule has 0 fully saturated rings. The zero-order valence-electron chi connectivity index (χ0n) is 27.6. The Kier molecular flexibility index (Phi) is 5.98. The molecule has 8 aromatic carbocycles. The fraction of sp³-hybridized carbons (Fsp3) is 0.0213. The van der Waals surface area contributed by atoms with Crippen molar-refractivity contribution in [1.29, 1.82) is 0 Å². The lowest BCUT2D eigenvalue weighted by Gasteiger charge is -2.26. The Hall–Kier alpha value is -6.78. The zero-order chi connectivity index (χ0) is 33.5. The molecule has 0 bridgehead atoms. The summed E-state index contributed by atoms with van der Waals surface area (Å²) in [6, 6.07) is 60.8. The Morgan fingerprint density at radius 1 is 0.471 bits per heavy atom. The molecule has 2 heterocycles. The van der Waals surface area contributed by atoms with Crippen LogP contribution in [0.4, 0.5) is 0 Å². The molecular formula is C47H30N4. The number of fused-ring (bicyclic) bond motifs is 7. The normalized spacial score (nSPS) is 14.9. The van der Waals surface area contributed by atoms with Gasteiger partial charge >= 0.3 is 0 Å². The van der Waals surface area contributed by atoms with Crippen LogP contribution in [0.15, 0.2) is 180 Å². The maximum atomic E-state index is 5.36. The smallest absolute Gasteiger partial charge is 0.159 e. The third kappa shape index (κ3) is 4.20. The number of hydrogen-bond acceptors (Lipinski definition) is 3. The number of hydrogen-bond donors (Lipinski definition) is 1. The largest absolute Gasteiger partial charge is 0.344 e. The molecule has 1 aliphatic carbocycles. The number of rotatable bonds is 4. The van der Waals surface area contributed by atoms with E-state index in [4.69, 9.17) is 9.98 Å². The summed E-state index contributed by atoms with van der Waals surface area (Å²) in [5.41, 5.74) is 11.7. The number of nitrogens with zero attached hydrogens (tertiary/aromatic N) is 3. The predicted molar refractivity (Wildman–Crippen MR) is 212 cm³/mol. The average Bonchev–Trinajstić information content (AvgIpc) is 3.72. The van der Waals surface area contributed by atoms with Crippen LogP contribution in [-0.4, -0.2) is 16.2 Å². The van der Waals surface area contributed by atoms with Gasteiger partial charge in [0.1, 0.15) is 12.0 Å². The van der Waals surface area contributed by atoms with Crippen LogP contribution in [0.25, 0.3) is 71.3 Å². The van der Waals surface area contributed by atoms with Crippen molar-refractivity contribution in [2.24, 2.45) is 9.98 Å². The molecule has 4 nitrogen and oxygen atoms in total. The van der Waals surface area contributed by atoms with Crippen molar-refractivity contribution in [1.82, 2.24) is 9.88 Å². The van der Waals surface area contributed by atoms with E-state index in [9.17, 15) is 0 Å². The number of aliphatic imine (C=N–C) groups is 2. The highest BCUT2D eigenvalue weighted by Crippen LogP contribution is 2.48. The fourth-order valence-electron chi connectivity index (χ4n) is 8.36. The first kappa shape index (κ1) is 28.1. The Labute approximate surface area is 294 Å². The summed E-state index contributed by atoms with van der Waals surface area (Å²) >= 11 is 0. The lowest BCUT2D eigenvalue weighted by atomic mass is 9.96. The van der Waals surface area contributed by atoms with E-state index in [1.54, 1.807) is 0 Å². The molecule has 0 saturated carbocycles. The SMILES string of the molecule is c1ccc(C2=NC(c3cc(-n4c5ccccc5c5ccccc54)cc4ccccc34)NC(c3ccc4c5c(cccc35)-c3ccccc3-4)=N2)cc1. The minimum Gasteiger partial charge on any atom is -0.344 e. The van der Waals surface area contributed by atoms with Gasteiger partial charge in [0.05, 0.1) is 11.0 Å². The van der Waals surface area contributed by atoms with Gasteiger partial charge in [0, 0.05) is 33.2 Å². The highest BCUT2D eigenvalue weighted by atomic mass is 15.2. The third-order valence-electron chi connectivity index (χ3n) is 10.6. The minimum atomic E-state index is -0.383. The molecule has 0 radical (unpaired) electrons. The summed E-state index contributed by atoms with van der Waals surface area (Å²) in [6.07, 6.45) is -0.383. The van der Waals surface area contributed by atoms with Crippen LogP contribution in [0.5, 0.6) is 0 Å². The van der Waals surface area contributed by atoms with E-state index in [2.05, 4.69) is 174 Å². The van der Waals surface area contributed by atoms with Gasteiger partial charge in [-0.1, -0.05) is 146 Å². The number of nitrogens with one attached hydrogen (secondary N) is 1. The molecule has 1 aromatic heterocycles. The zero-order valence-corrected chi connectivity index (χ0v) is 27.6. The molecule has 238 valence electrons. The van der Waals surface area contributed by atoms with Crippen molar-refractivity contribution in [3.63, 3.8) is 0 Å². The quantitative estimate of drug-likeness (QED) is 0.202. The van der Waals surface area contributed by atoms with E-state index < -0.39 is 0 Å². The van der Waals surface area contributed by atoms with Gasteiger partial charge < -0.3 is 9.88 Å². The van der Waals surface area contributed by atoms with Crippen molar-refractivity contribution < 1.29 is 0 Å². The highest BCUT2D eigenvalue weighted by molar-refractivity contribution is 6.23. The molecule has 4 heteroatoms. The molecule has 1 aliphatic heterocycles. The van der Waals surface area contributed by atoms with E-state index in [1.807, 2.05) is 6.07 Å². The topological polar surface area (TPSA) is 41.7 Å². The number of amidine groups is 2. The lowest BCUT2D eigenvalue weighted by molar-refractivity contribution is 0.679. The molecule has 1 atom stereocenters. The van der Waals surface area contributed by atoms with E-state index in [0.717, 1.165) is 39.0 Å². The van der Waals surface area contributed by atoms with Gasteiger partial charge in [-0.15, -0.1) is 0 Å². The first-order valence-electron chi connectivity index (χ1n) is 17.5. The Bertz CT molecular complexity index is 2870. The van der Waals surface area contributed by atoms with E-state index in [-0.39, 0.29) is 6.17 Å². The van der Waals surface area contributed by atoms with Gasteiger partial charge in [-0.2, -0.15) is 0 Å². The van der Waals surface area contributed by atoms with Gasteiger partial charge in [0.25, 0.3) is 0 Å². The molecule has 1 unspecified atom stereocenters. The lowest BCUT2D eigenvalue weighted by Crippen LogP contribution is -2.34. The second kappa shape index (κ2) is 10.9. The van der Waals surface area contributed by atoms with Crippen molar-refractivity contribution in [2.45, 2.75) is 6.17 Å². The summed E-state index contributed by atoms with van der Waals surface area (Å²) in [7, 11) is 0. The summed E-state index contributed by atoms with van der Waals surface area (Å²) in [5, 5.41) is 11.1. The molecule has 11 rings (SSSR count). The second-order valence-corrected chi connectivity index (χ2v) is 13.4. The molecule has 0 saturated heterocycles. The Morgan fingerprint density at radius 3 is 1.82 bits per heavy atom. The maximum Gasteiger partial charge on any atom is 0.159 e. The van der Waals surface area contributed by atoms with Crippen LogP contribution in [0.1, 0.15) is 22.9 Å². The first-order chi connectivity index (χ1) is 25.3. The van der Waals surface area contributed by atoms with Crippen LogP contribution in [0, 0.1) is 0 Å². The first-order valence-corrected chi connectivity index (χ1v) is 17.5. The second-order valence-electron chi connectivity index (χ2n) is 13.4. The van der Waals surface area contributed by atoms with Crippen molar-refractivity contribution >= 4 is 55.0 Å². The summed E-state index contributed by atoms with van der Waals surface area (Å²) in [5.74, 6) is 1.53. The Morgan fingerprint density at radius 2 is 1.06 bits per heavy atom. The third-order valence-corrected chi connectivity index (χ3v) is 10.6. The molecule has 0 spiro atoms. The Balaban J connectivity index is 1.13. The molecule has 1 N–H and O–H groups in total. The molecular weight excluding hydrogens is 621 g/mol. The van der Waals surface area contributed by atoms with Gasteiger partial charge in [-0.05, 0) is 68.1 Å². The number of para-hydroxylation sites is 2. The van der Waals surface area contributed by atoms with Crippen molar-refractivity contribution in [2.75, 3.05) is 0 Å². The van der Waals surface area contributed by atoms with Crippen LogP contribution < -0.4 is 5.32 Å². The van der Waals surface area contributed by atoms with Gasteiger partial charge in [-0.3, -0.25) is 0 Å². The number of benzene rings is 8. The summed E-state index contributed by atoms with van der Waals surface area (Å²) < 4.78 is 2.39. The van der Waals surface area contributed by atoms with Gasteiger partial charge in [0.2, 0.25) is 0 Å². The maximum absolute atomic E-state index is 5.36. The van der Waals surface area contributed by atoms with Crippen LogP contribution >= 0.6 is 0 Å². The number of aromatic nitrogens is 1. The van der Waals surface area contributed by atoms with E-state index in [1.165, 1.54) is 54.8 Å². The summed E-state index contributed by atoms with van der Waals surface area (Å²) in [6.45, 7) is 0. The predicted octanol–water partition coefficient (Wildman–Crippen LogP) is 11.2. The summed E-state index contributed by atoms with van der Waals surface area (Å²) in [4.78, 5) is 10.6. The van der Waals surface area contributed by atoms with Crippen LogP contribution in [0.3, 0.4) is 0 Å². The molecule has 9 aromatic rings. The van der Waals surface area contributed by atoms with Gasteiger partial charge in [0.15, 0.2) is 5.84 Å². The molecule has 51 heavy (non-hydrogen) atoms. The highest BCUT2D eigenvalue weighted by Gasteiger charge is 2.27. The standard InChI is InChI=1S/C47H30N4/c1-2-13-29(14-3-1)45-48-46(40-26-25-39-34-18-7-6-17-33(34)37-21-12-22-38(40)44(37)39)50-47(49-45)41-28-31(27-30-15-4-5-16-32(30)41)51-42-23-10-8-19-35(42)36-20-9-11-24-43(36)51/h1-28,47H,(H,48,49,50). The average molecular weight is 651 g/mol. The minimum absolute atomic E-state index is 0.383. The van der Waals surface area contributed by atoms with Crippen molar-refractivity contribution in [3.8, 4) is 27.9 Å². The van der Waals surface area contributed by atoms with Gasteiger partial charge in [-0.25, -0.2) is 9.98 Å². The van der Waals surface area contributed by atoms with Crippen LogP contribution in [-0.2, 0) is 0 Å². The fourth-order valence-corrected chi connectivity index (χ4v) is 8.36.